The van der Waals surface area contributed by atoms with Crippen LogP contribution in [0.15, 0.2) is 35.7 Å². The summed E-state index contributed by atoms with van der Waals surface area (Å²) in [4.78, 5) is 16.7. The van der Waals surface area contributed by atoms with Crippen LogP contribution in [0.1, 0.15) is 11.4 Å². The Hall–Kier alpha value is -1.13. The number of aromatic nitrogens is 1. The molecule has 1 saturated heterocycles. The fraction of sp³-hybridized carbons (Fsp3) is 0.333. The standard InChI is InChI=1S/C15H15NOS2/c17-14(12-6-7-18-9-12)8-15-16-13(10-19-15)11-4-2-1-3-5-11/h1-5,10,12H,6-9H2. The van der Waals surface area contributed by atoms with Crippen LogP contribution < -0.4 is 0 Å². The molecule has 2 aromatic rings. The molecule has 3 rings (SSSR count). The number of thiazole rings is 1. The first-order valence-corrected chi connectivity index (χ1v) is 8.46. The van der Waals surface area contributed by atoms with Gasteiger partial charge in [0.1, 0.15) is 10.8 Å². The maximum absolute atomic E-state index is 12.1. The lowest BCUT2D eigenvalue weighted by molar-refractivity contribution is -0.121. The van der Waals surface area contributed by atoms with Crippen LogP contribution in [-0.2, 0) is 11.2 Å². The lowest BCUT2D eigenvalue weighted by Crippen LogP contribution is -2.15. The van der Waals surface area contributed by atoms with Gasteiger partial charge in [0.15, 0.2) is 0 Å². The van der Waals surface area contributed by atoms with Gasteiger partial charge in [0.25, 0.3) is 0 Å². The van der Waals surface area contributed by atoms with Gasteiger partial charge in [-0.3, -0.25) is 4.79 Å². The molecule has 1 aromatic carbocycles. The van der Waals surface area contributed by atoms with Gasteiger partial charge in [-0.25, -0.2) is 4.98 Å². The second-order valence-corrected chi connectivity index (χ2v) is 6.79. The zero-order valence-electron chi connectivity index (χ0n) is 10.5. The van der Waals surface area contributed by atoms with Crippen molar-refractivity contribution in [2.45, 2.75) is 12.8 Å². The first kappa shape index (κ1) is 12.9. The van der Waals surface area contributed by atoms with Crippen LogP contribution in [0.4, 0.5) is 0 Å². The normalized spacial score (nSPS) is 18.6. The molecule has 0 bridgehead atoms. The van der Waals surface area contributed by atoms with E-state index in [9.17, 15) is 4.79 Å². The van der Waals surface area contributed by atoms with Gasteiger partial charge in [-0.2, -0.15) is 11.8 Å². The maximum atomic E-state index is 12.1. The maximum Gasteiger partial charge on any atom is 0.143 e. The molecule has 1 atom stereocenters. The van der Waals surface area contributed by atoms with Crippen LogP contribution in [0.2, 0.25) is 0 Å². The highest BCUT2D eigenvalue weighted by atomic mass is 32.2. The summed E-state index contributed by atoms with van der Waals surface area (Å²) >= 11 is 3.48. The number of hydrogen-bond donors (Lipinski definition) is 0. The Morgan fingerprint density at radius 2 is 2.16 bits per heavy atom. The topological polar surface area (TPSA) is 30.0 Å². The number of ketones is 1. The number of rotatable bonds is 4. The number of thioether (sulfide) groups is 1. The molecule has 0 aliphatic carbocycles. The highest BCUT2D eigenvalue weighted by Gasteiger charge is 2.23. The van der Waals surface area contributed by atoms with Gasteiger partial charge in [-0.1, -0.05) is 30.3 Å². The molecular weight excluding hydrogens is 274 g/mol. The van der Waals surface area contributed by atoms with Gasteiger partial charge in [0.2, 0.25) is 0 Å². The Morgan fingerprint density at radius 3 is 2.89 bits per heavy atom. The molecule has 0 spiro atoms. The van der Waals surface area contributed by atoms with E-state index < -0.39 is 0 Å². The SMILES string of the molecule is O=C(Cc1nc(-c2ccccc2)cs1)C1CCSC1. The Morgan fingerprint density at radius 1 is 1.32 bits per heavy atom. The van der Waals surface area contributed by atoms with Crippen molar-refractivity contribution < 1.29 is 4.79 Å². The van der Waals surface area contributed by atoms with E-state index in [2.05, 4.69) is 4.98 Å². The van der Waals surface area contributed by atoms with Crippen molar-refractivity contribution in [1.29, 1.82) is 0 Å². The minimum absolute atomic E-state index is 0.258. The molecule has 1 aliphatic heterocycles. The summed E-state index contributed by atoms with van der Waals surface area (Å²) in [5.74, 6) is 2.74. The monoisotopic (exact) mass is 289 g/mol. The number of carbonyl (C=O) groups is 1. The van der Waals surface area contributed by atoms with E-state index in [1.54, 1.807) is 11.3 Å². The molecule has 4 heteroatoms. The van der Waals surface area contributed by atoms with Crippen LogP contribution in [0, 0.1) is 5.92 Å². The zero-order valence-corrected chi connectivity index (χ0v) is 12.2. The predicted molar refractivity (Wildman–Crippen MR) is 81.7 cm³/mol. The van der Waals surface area contributed by atoms with E-state index in [1.807, 2.05) is 47.5 Å². The first-order chi connectivity index (χ1) is 9.33. The fourth-order valence-electron chi connectivity index (χ4n) is 2.22. The van der Waals surface area contributed by atoms with E-state index in [0.717, 1.165) is 34.2 Å². The predicted octanol–water partition coefficient (Wildman–Crippen LogP) is 3.67. The molecule has 0 amide bonds. The number of Topliss-reactive ketones (excluding diaryl/α,β-unsaturated/α-hetero) is 1. The smallest absolute Gasteiger partial charge is 0.143 e. The van der Waals surface area contributed by atoms with Gasteiger partial charge < -0.3 is 0 Å². The molecule has 1 unspecified atom stereocenters. The van der Waals surface area contributed by atoms with E-state index in [1.165, 1.54) is 0 Å². The van der Waals surface area contributed by atoms with Crippen molar-refractivity contribution >= 4 is 28.9 Å². The molecule has 98 valence electrons. The molecule has 1 aliphatic rings. The third-order valence-corrected chi connectivity index (χ3v) is 5.34. The molecule has 0 radical (unpaired) electrons. The van der Waals surface area contributed by atoms with Crippen LogP contribution in [0.3, 0.4) is 0 Å². The van der Waals surface area contributed by atoms with Crippen molar-refractivity contribution in [3.05, 3.63) is 40.7 Å². The van der Waals surface area contributed by atoms with E-state index in [-0.39, 0.29) is 5.92 Å². The van der Waals surface area contributed by atoms with Gasteiger partial charge in [0, 0.05) is 22.6 Å². The van der Waals surface area contributed by atoms with E-state index >= 15 is 0 Å². The zero-order chi connectivity index (χ0) is 13.1. The quantitative estimate of drug-likeness (QED) is 0.860. The van der Waals surface area contributed by atoms with E-state index in [0.29, 0.717) is 12.2 Å². The first-order valence-electron chi connectivity index (χ1n) is 6.43. The molecule has 1 fully saturated rings. The van der Waals surface area contributed by atoms with Gasteiger partial charge in [-0.15, -0.1) is 11.3 Å². The second-order valence-electron chi connectivity index (χ2n) is 4.70. The Bertz CT molecular complexity index is 559. The number of carbonyl (C=O) groups excluding carboxylic acids is 1. The van der Waals surface area contributed by atoms with Crippen LogP contribution in [0.5, 0.6) is 0 Å². The summed E-state index contributed by atoms with van der Waals surface area (Å²) in [5.41, 5.74) is 2.10. The van der Waals surface area contributed by atoms with E-state index in [4.69, 9.17) is 0 Å². The highest BCUT2D eigenvalue weighted by molar-refractivity contribution is 7.99. The number of nitrogens with zero attached hydrogens (tertiary/aromatic N) is 1. The van der Waals surface area contributed by atoms with Crippen LogP contribution in [0.25, 0.3) is 11.3 Å². The molecule has 0 N–H and O–H groups in total. The Balaban J connectivity index is 1.70. The molecule has 1 aromatic heterocycles. The minimum Gasteiger partial charge on any atom is -0.299 e. The summed E-state index contributed by atoms with van der Waals surface area (Å²) in [7, 11) is 0. The third kappa shape index (κ3) is 3.07. The summed E-state index contributed by atoms with van der Waals surface area (Å²) in [5, 5.41) is 2.99. The Labute approximate surface area is 121 Å². The van der Waals surface area contributed by atoms with Crippen molar-refractivity contribution in [2.75, 3.05) is 11.5 Å². The molecule has 2 nitrogen and oxygen atoms in total. The van der Waals surface area contributed by atoms with Crippen molar-refractivity contribution in [3.8, 4) is 11.3 Å². The fourth-order valence-corrected chi connectivity index (χ4v) is 4.28. The molecular formula is C15H15NOS2. The summed E-state index contributed by atoms with van der Waals surface area (Å²) < 4.78 is 0. The lowest BCUT2D eigenvalue weighted by Gasteiger charge is -2.04. The molecule has 2 heterocycles. The van der Waals surface area contributed by atoms with Crippen molar-refractivity contribution in [1.82, 2.24) is 4.98 Å². The average Bonchev–Trinajstić information content (AvgIpc) is 3.11. The van der Waals surface area contributed by atoms with Gasteiger partial charge in [0.05, 0.1) is 12.1 Å². The average molecular weight is 289 g/mol. The Kier molecular flexibility index (Phi) is 3.99. The lowest BCUT2D eigenvalue weighted by atomic mass is 10.0. The summed E-state index contributed by atoms with van der Waals surface area (Å²) in [6.45, 7) is 0. The largest absolute Gasteiger partial charge is 0.299 e. The third-order valence-electron chi connectivity index (χ3n) is 3.33. The second kappa shape index (κ2) is 5.88. The van der Waals surface area contributed by atoms with Crippen LogP contribution >= 0.6 is 23.1 Å². The minimum atomic E-state index is 0.258. The highest BCUT2D eigenvalue weighted by Crippen LogP contribution is 2.27. The number of hydrogen-bond acceptors (Lipinski definition) is 4. The molecule has 19 heavy (non-hydrogen) atoms. The number of benzene rings is 1. The van der Waals surface area contributed by atoms with Crippen molar-refractivity contribution in [3.63, 3.8) is 0 Å². The van der Waals surface area contributed by atoms with Gasteiger partial charge >= 0.3 is 0 Å². The molecule has 0 saturated carbocycles. The van der Waals surface area contributed by atoms with Crippen molar-refractivity contribution in [2.24, 2.45) is 5.92 Å². The van der Waals surface area contributed by atoms with Crippen LogP contribution in [-0.4, -0.2) is 22.3 Å². The van der Waals surface area contributed by atoms with Gasteiger partial charge in [-0.05, 0) is 12.2 Å². The summed E-state index contributed by atoms with van der Waals surface area (Å²) in [6.07, 6.45) is 1.54. The summed E-state index contributed by atoms with van der Waals surface area (Å²) in [6, 6.07) is 10.1.